The van der Waals surface area contributed by atoms with Crippen LogP contribution in [0.1, 0.15) is 10.4 Å². The first kappa shape index (κ1) is 14.2. The lowest BCUT2D eigenvalue weighted by Crippen LogP contribution is -2.33. The van der Waals surface area contributed by atoms with Crippen LogP contribution in [0, 0.1) is 0 Å². The van der Waals surface area contributed by atoms with Crippen molar-refractivity contribution in [2.24, 2.45) is 0 Å². The number of hydrogen-bond acceptors (Lipinski definition) is 2. The first-order valence-electron chi connectivity index (χ1n) is 4.76. The normalized spacial score (nSPS) is 10.2. The third kappa shape index (κ3) is 3.85. The number of nitrogens with one attached hydrogen (secondary N) is 2. The molecular weight excluding hydrogens is 270 g/mol. The Kier molecular flexibility index (Phi) is 4.85. The minimum atomic E-state index is -2.69. The number of carbonyl (C=O) groups is 2. The summed E-state index contributed by atoms with van der Waals surface area (Å²) in [4.78, 5) is 22.1. The van der Waals surface area contributed by atoms with E-state index >= 15 is 0 Å². The maximum Gasteiger partial charge on any atom is 0.339 e. The average molecular weight is 279 g/mol. The standard InChI is InChI=1S/C10H9ClF2N2O3/c11-5-2-1-3-6(8(5)9(16)17)15-10(18)14-4-7(12)13/h1-3,7H,4H2,(H,16,17)(H2,14,15,18). The third-order valence-electron chi connectivity index (χ3n) is 1.89. The molecule has 18 heavy (non-hydrogen) atoms. The molecule has 0 saturated heterocycles. The number of anilines is 1. The summed E-state index contributed by atoms with van der Waals surface area (Å²) in [6.07, 6.45) is -2.69. The third-order valence-corrected chi connectivity index (χ3v) is 2.21. The molecule has 0 atom stereocenters. The van der Waals surface area contributed by atoms with Crippen molar-refractivity contribution in [3.63, 3.8) is 0 Å². The molecule has 0 saturated carbocycles. The van der Waals surface area contributed by atoms with Crippen LogP contribution in [0.4, 0.5) is 19.3 Å². The number of amides is 2. The SMILES string of the molecule is O=C(NCC(F)F)Nc1cccc(Cl)c1C(=O)O. The lowest BCUT2D eigenvalue weighted by molar-refractivity contribution is 0.0698. The van der Waals surface area contributed by atoms with E-state index in [4.69, 9.17) is 16.7 Å². The van der Waals surface area contributed by atoms with Crippen LogP contribution in [0.15, 0.2) is 18.2 Å². The van der Waals surface area contributed by atoms with Crippen LogP contribution in [0.25, 0.3) is 0 Å². The van der Waals surface area contributed by atoms with Crippen LogP contribution in [-0.4, -0.2) is 30.1 Å². The molecule has 0 unspecified atom stereocenters. The van der Waals surface area contributed by atoms with E-state index in [1.165, 1.54) is 18.2 Å². The Hall–Kier alpha value is -1.89. The number of benzene rings is 1. The molecule has 1 aromatic rings. The van der Waals surface area contributed by atoms with Crippen LogP contribution in [0.3, 0.4) is 0 Å². The van der Waals surface area contributed by atoms with Crippen molar-refractivity contribution in [3.8, 4) is 0 Å². The lowest BCUT2D eigenvalue weighted by atomic mass is 10.2. The van der Waals surface area contributed by atoms with Gasteiger partial charge in [0.1, 0.15) is 5.56 Å². The molecule has 0 aliphatic carbocycles. The van der Waals surface area contributed by atoms with Gasteiger partial charge in [-0.15, -0.1) is 0 Å². The van der Waals surface area contributed by atoms with E-state index in [1.807, 2.05) is 5.32 Å². The van der Waals surface area contributed by atoms with Gasteiger partial charge in [0, 0.05) is 0 Å². The Bertz CT molecular complexity index is 468. The molecule has 98 valence electrons. The second-order valence-corrected chi connectivity index (χ2v) is 3.60. The highest BCUT2D eigenvalue weighted by Gasteiger charge is 2.16. The van der Waals surface area contributed by atoms with Crippen molar-refractivity contribution < 1.29 is 23.5 Å². The van der Waals surface area contributed by atoms with Gasteiger partial charge < -0.3 is 15.7 Å². The van der Waals surface area contributed by atoms with E-state index in [-0.39, 0.29) is 16.3 Å². The minimum absolute atomic E-state index is 0.0610. The summed E-state index contributed by atoms with van der Waals surface area (Å²) in [5.41, 5.74) is -0.367. The van der Waals surface area contributed by atoms with Gasteiger partial charge in [0.25, 0.3) is 6.43 Å². The monoisotopic (exact) mass is 278 g/mol. The van der Waals surface area contributed by atoms with Gasteiger partial charge in [-0.05, 0) is 12.1 Å². The second kappa shape index (κ2) is 6.15. The van der Waals surface area contributed by atoms with Gasteiger partial charge in [-0.25, -0.2) is 18.4 Å². The van der Waals surface area contributed by atoms with Crippen molar-refractivity contribution in [1.29, 1.82) is 0 Å². The van der Waals surface area contributed by atoms with Crippen LogP contribution in [-0.2, 0) is 0 Å². The van der Waals surface area contributed by atoms with Gasteiger partial charge >= 0.3 is 12.0 Å². The Morgan fingerprint density at radius 2 is 2.06 bits per heavy atom. The number of carboxylic acid groups (broad SMARTS) is 1. The molecule has 0 radical (unpaired) electrons. The van der Waals surface area contributed by atoms with E-state index in [0.29, 0.717) is 0 Å². The molecule has 0 aliphatic rings. The van der Waals surface area contributed by atoms with Gasteiger partial charge in [0.05, 0.1) is 17.3 Å². The van der Waals surface area contributed by atoms with Gasteiger partial charge in [-0.2, -0.15) is 0 Å². The van der Waals surface area contributed by atoms with Crippen LogP contribution < -0.4 is 10.6 Å². The smallest absolute Gasteiger partial charge is 0.339 e. The predicted molar refractivity (Wildman–Crippen MR) is 61.4 cm³/mol. The fraction of sp³-hybridized carbons (Fsp3) is 0.200. The average Bonchev–Trinajstić information content (AvgIpc) is 2.26. The Balaban J connectivity index is 2.81. The molecule has 0 aliphatic heterocycles. The van der Waals surface area contributed by atoms with E-state index in [0.717, 1.165) is 0 Å². The number of carbonyl (C=O) groups excluding carboxylic acids is 1. The molecule has 5 nitrogen and oxygen atoms in total. The van der Waals surface area contributed by atoms with Crippen LogP contribution >= 0.6 is 11.6 Å². The number of hydrogen-bond donors (Lipinski definition) is 3. The quantitative estimate of drug-likeness (QED) is 0.791. The molecule has 3 N–H and O–H groups in total. The highest BCUT2D eigenvalue weighted by molar-refractivity contribution is 6.34. The molecule has 0 fully saturated rings. The van der Waals surface area contributed by atoms with E-state index in [2.05, 4.69) is 5.32 Å². The Morgan fingerprint density at radius 1 is 1.39 bits per heavy atom. The zero-order valence-corrected chi connectivity index (χ0v) is 9.67. The summed E-state index contributed by atoms with van der Waals surface area (Å²) in [7, 11) is 0. The lowest BCUT2D eigenvalue weighted by Gasteiger charge is -2.10. The van der Waals surface area contributed by atoms with Gasteiger partial charge in [-0.1, -0.05) is 17.7 Å². The van der Waals surface area contributed by atoms with Gasteiger partial charge in [-0.3, -0.25) is 0 Å². The largest absolute Gasteiger partial charge is 0.478 e. The zero-order valence-electron chi connectivity index (χ0n) is 8.91. The molecule has 0 spiro atoms. The van der Waals surface area contributed by atoms with Crippen molar-refractivity contribution >= 4 is 29.3 Å². The fourth-order valence-corrected chi connectivity index (χ4v) is 1.44. The minimum Gasteiger partial charge on any atom is -0.478 e. The van der Waals surface area contributed by atoms with Crippen molar-refractivity contribution in [2.45, 2.75) is 6.43 Å². The van der Waals surface area contributed by atoms with E-state index in [9.17, 15) is 18.4 Å². The predicted octanol–water partition coefficient (Wildman–Crippen LogP) is 2.42. The molecule has 1 aromatic carbocycles. The first-order valence-corrected chi connectivity index (χ1v) is 5.14. The van der Waals surface area contributed by atoms with Crippen molar-refractivity contribution in [3.05, 3.63) is 28.8 Å². The first-order chi connectivity index (χ1) is 8.41. The molecule has 0 bridgehead atoms. The molecular formula is C10H9ClF2N2O3. The maximum absolute atomic E-state index is 11.8. The second-order valence-electron chi connectivity index (χ2n) is 3.19. The zero-order chi connectivity index (χ0) is 13.7. The fourth-order valence-electron chi connectivity index (χ4n) is 1.18. The molecule has 1 rings (SSSR count). The number of urea groups is 1. The number of aromatic carboxylic acids is 1. The summed E-state index contributed by atoms with van der Waals surface area (Å²) in [5, 5.41) is 12.9. The summed E-state index contributed by atoms with van der Waals surface area (Å²) in [6, 6.07) is 3.14. The van der Waals surface area contributed by atoms with Crippen molar-refractivity contribution in [2.75, 3.05) is 11.9 Å². The number of halogens is 3. The van der Waals surface area contributed by atoms with Crippen LogP contribution in [0.5, 0.6) is 0 Å². The van der Waals surface area contributed by atoms with Crippen LogP contribution in [0.2, 0.25) is 5.02 Å². The summed E-state index contributed by atoms with van der Waals surface area (Å²) in [5.74, 6) is -1.33. The Morgan fingerprint density at radius 3 is 2.61 bits per heavy atom. The highest BCUT2D eigenvalue weighted by Crippen LogP contribution is 2.24. The topological polar surface area (TPSA) is 78.4 Å². The Labute approximate surface area is 106 Å². The molecule has 0 heterocycles. The van der Waals surface area contributed by atoms with E-state index in [1.54, 1.807) is 0 Å². The van der Waals surface area contributed by atoms with Gasteiger partial charge in [0.15, 0.2) is 0 Å². The highest BCUT2D eigenvalue weighted by atomic mass is 35.5. The van der Waals surface area contributed by atoms with Crippen molar-refractivity contribution in [1.82, 2.24) is 5.32 Å². The molecule has 2 amide bonds. The summed E-state index contributed by atoms with van der Waals surface area (Å²) in [6.45, 7) is -0.825. The molecule has 0 aromatic heterocycles. The number of alkyl halides is 2. The van der Waals surface area contributed by atoms with E-state index < -0.39 is 25.0 Å². The van der Waals surface area contributed by atoms with Gasteiger partial charge in [0.2, 0.25) is 0 Å². The summed E-state index contributed by atoms with van der Waals surface area (Å²) >= 11 is 5.66. The number of carboxylic acids is 1. The number of rotatable bonds is 4. The molecule has 8 heteroatoms. The summed E-state index contributed by atoms with van der Waals surface area (Å²) < 4.78 is 23.7. The maximum atomic E-state index is 11.8.